The molecule has 1 aliphatic carbocycles. The highest BCUT2D eigenvalue weighted by Gasteiger charge is 2.51. The van der Waals surface area contributed by atoms with Crippen molar-refractivity contribution in [3.8, 4) is 0 Å². The fraction of sp³-hybridized carbons (Fsp3) is 0.281. The highest BCUT2D eigenvalue weighted by molar-refractivity contribution is 7.10. The number of ketones is 1. The van der Waals surface area contributed by atoms with Gasteiger partial charge in [-0.15, -0.1) is 11.3 Å². The molecule has 0 saturated heterocycles. The summed E-state index contributed by atoms with van der Waals surface area (Å²) in [5.74, 6) is -6.40. The maximum atomic E-state index is 14.6. The lowest BCUT2D eigenvalue weighted by Crippen LogP contribution is -2.46. The zero-order valence-electron chi connectivity index (χ0n) is 23.7. The number of hydrogen-bond acceptors (Lipinski definition) is 8. The number of anilines is 1. The number of allylic oxidation sites excluding steroid dienone is 2. The molecule has 44 heavy (non-hydrogen) atoms. The lowest BCUT2D eigenvalue weighted by molar-refractivity contribution is -0.152. The first-order valence-corrected chi connectivity index (χ1v) is 14.7. The number of thiophene rings is 1. The number of hydrogen-bond donors (Lipinski definition) is 1. The molecule has 2 aliphatic rings. The lowest BCUT2D eigenvalue weighted by Gasteiger charge is -2.43. The minimum Gasteiger partial charge on any atom is -0.465 e. The molecule has 7 nitrogen and oxygen atoms in total. The number of nitrogens with zero attached hydrogens (tertiary/aromatic N) is 1. The molecule has 0 saturated carbocycles. The number of ether oxygens (including phenoxy) is 2. The van der Waals surface area contributed by atoms with Crippen molar-refractivity contribution in [2.75, 3.05) is 18.1 Å². The summed E-state index contributed by atoms with van der Waals surface area (Å²) in [5.41, 5.74) is 6.19. The fourth-order valence-corrected chi connectivity index (χ4v) is 6.69. The average Bonchev–Trinajstić information content (AvgIpc) is 3.51. The van der Waals surface area contributed by atoms with Gasteiger partial charge in [0.1, 0.15) is 17.6 Å². The van der Waals surface area contributed by atoms with Crippen LogP contribution < -0.4 is 10.6 Å². The number of carbonyl (C=O) groups is 3. The molecule has 0 spiro atoms. The van der Waals surface area contributed by atoms with Gasteiger partial charge in [-0.1, -0.05) is 18.2 Å². The van der Waals surface area contributed by atoms with Gasteiger partial charge >= 0.3 is 18.1 Å². The Morgan fingerprint density at radius 1 is 1.02 bits per heavy atom. The van der Waals surface area contributed by atoms with Crippen LogP contribution in [0.25, 0.3) is 0 Å². The molecule has 12 heteroatoms. The van der Waals surface area contributed by atoms with Gasteiger partial charge in [0.2, 0.25) is 0 Å². The van der Waals surface area contributed by atoms with Crippen LogP contribution in [0.2, 0.25) is 0 Å². The third kappa shape index (κ3) is 5.61. The lowest BCUT2D eigenvalue weighted by atomic mass is 9.68. The summed E-state index contributed by atoms with van der Waals surface area (Å²) >= 11 is 1.33. The van der Waals surface area contributed by atoms with Crippen LogP contribution in [0.15, 0.2) is 88.7 Å². The summed E-state index contributed by atoms with van der Waals surface area (Å²) in [5, 5.41) is 1.79. The van der Waals surface area contributed by atoms with E-state index in [1.54, 1.807) is 31.4 Å². The third-order valence-corrected chi connectivity index (χ3v) is 8.62. The second kappa shape index (κ2) is 12.3. The van der Waals surface area contributed by atoms with Crippen molar-refractivity contribution in [3.63, 3.8) is 0 Å². The Kier molecular flexibility index (Phi) is 8.64. The quantitative estimate of drug-likeness (QED) is 0.183. The molecule has 0 fully saturated rings. The van der Waals surface area contributed by atoms with Crippen LogP contribution in [0.5, 0.6) is 0 Å². The molecule has 1 aliphatic heterocycles. The van der Waals surface area contributed by atoms with Crippen LogP contribution in [-0.2, 0) is 30.0 Å². The van der Waals surface area contributed by atoms with Gasteiger partial charge in [-0.25, -0.2) is 9.18 Å². The first-order chi connectivity index (χ1) is 21.0. The summed E-state index contributed by atoms with van der Waals surface area (Å²) in [6, 6.07) is 13.0. The van der Waals surface area contributed by atoms with E-state index >= 15 is 0 Å². The van der Waals surface area contributed by atoms with E-state index in [9.17, 15) is 31.9 Å². The van der Waals surface area contributed by atoms with Crippen LogP contribution in [0.3, 0.4) is 0 Å². The van der Waals surface area contributed by atoms with Crippen molar-refractivity contribution >= 4 is 34.7 Å². The minimum absolute atomic E-state index is 0.0115. The molecular formula is C32H28F4N2O5S. The fourth-order valence-electron chi connectivity index (χ4n) is 5.82. The van der Waals surface area contributed by atoms with Crippen LogP contribution in [-0.4, -0.2) is 30.9 Å². The second-order valence-corrected chi connectivity index (χ2v) is 11.1. The minimum atomic E-state index is -4.61. The molecule has 1 aromatic heterocycles. The summed E-state index contributed by atoms with van der Waals surface area (Å²) in [6.45, 7) is 3.14. The number of Topliss-reactive ketones (excluding diaryl/α,β-unsaturated/α-hetero) is 1. The molecule has 2 aromatic carbocycles. The average molecular weight is 629 g/mol. The highest BCUT2D eigenvalue weighted by atomic mass is 32.1. The van der Waals surface area contributed by atoms with Crippen molar-refractivity contribution in [3.05, 3.63) is 111 Å². The molecule has 0 radical (unpaired) electrons. The van der Waals surface area contributed by atoms with Gasteiger partial charge in [-0.05, 0) is 73.7 Å². The van der Waals surface area contributed by atoms with E-state index in [2.05, 4.69) is 0 Å². The molecule has 5 rings (SSSR count). The number of alkyl halides is 3. The summed E-state index contributed by atoms with van der Waals surface area (Å²) < 4.78 is 65.6. The molecule has 3 aromatic rings. The van der Waals surface area contributed by atoms with E-state index in [4.69, 9.17) is 15.2 Å². The number of esters is 2. The number of benzene rings is 2. The molecule has 0 amide bonds. The maximum Gasteiger partial charge on any atom is 0.416 e. The molecule has 3 atom stereocenters. The van der Waals surface area contributed by atoms with Crippen molar-refractivity contribution in [1.82, 2.24) is 0 Å². The monoisotopic (exact) mass is 628 g/mol. The van der Waals surface area contributed by atoms with Crippen molar-refractivity contribution in [2.24, 2.45) is 11.7 Å². The van der Waals surface area contributed by atoms with Gasteiger partial charge in [0.15, 0.2) is 5.78 Å². The Balaban J connectivity index is 1.81. The Bertz CT molecular complexity index is 1650. The van der Waals surface area contributed by atoms with E-state index < -0.39 is 53.0 Å². The van der Waals surface area contributed by atoms with Gasteiger partial charge in [-0.3, -0.25) is 14.5 Å². The van der Waals surface area contributed by atoms with Gasteiger partial charge in [0.25, 0.3) is 0 Å². The Hall–Kier alpha value is -4.45. The third-order valence-electron chi connectivity index (χ3n) is 7.62. The number of carbonyl (C=O) groups excluding carboxylic acids is 3. The predicted molar refractivity (Wildman–Crippen MR) is 155 cm³/mol. The van der Waals surface area contributed by atoms with E-state index in [1.807, 2.05) is 0 Å². The van der Waals surface area contributed by atoms with Gasteiger partial charge in [0, 0.05) is 27.8 Å². The molecule has 0 bridgehead atoms. The molecule has 2 N–H and O–H groups in total. The normalized spacial score (nSPS) is 20.5. The first-order valence-electron chi connectivity index (χ1n) is 13.8. The SMILES string of the molecule is CCOC(=O)C1=C(N)N(c2ccc(C(F)(F)F)cc2)C2=C(C(=O)[C@@H](C(=O)OCC)[C@@H](c3cccs3)C2)[C@@H]1c1cccc(F)c1. The number of halogens is 4. The molecule has 0 unspecified atom stereocenters. The summed E-state index contributed by atoms with van der Waals surface area (Å²) in [4.78, 5) is 43.6. The first kappa shape index (κ1) is 31.0. The van der Waals surface area contributed by atoms with Crippen molar-refractivity contribution in [2.45, 2.75) is 38.3 Å². The van der Waals surface area contributed by atoms with Crippen molar-refractivity contribution in [1.29, 1.82) is 0 Å². The van der Waals surface area contributed by atoms with E-state index in [0.29, 0.717) is 4.88 Å². The molecular weight excluding hydrogens is 600 g/mol. The zero-order valence-corrected chi connectivity index (χ0v) is 24.5. The Morgan fingerprint density at radius 2 is 1.73 bits per heavy atom. The van der Waals surface area contributed by atoms with Gasteiger partial charge in [0.05, 0.1) is 30.3 Å². The maximum absolute atomic E-state index is 14.6. The predicted octanol–water partition coefficient (Wildman–Crippen LogP) is 6.43. The summed E-state index contributed by atoms with van der Waals surface area (Å²) in [6.07, 6.45) is -4.57. The topological polar surface area (TPSA) is 98.9 Å². The molecule has 230 valence electrons. The van der Waals surface area contributed by atoms with E-state index in [-0.39, 0.29) is 53.5 Å². The smallest absolute Gasteiger partial charge is 0.416 e. The van der Waals surface area contributed by atoms with Crippen LogP contribution in [0, 0.1) is 11.7 Å². The van der Waals surface area contributed by atoms with Crippen molar-refractivity contribution < 1.29 is 41.4 Å². The van der Waals surface area contributed by atoms with E-state index in [0.717, 1.165) is 18.2 Å². The largest absolute Gasteiger partial charge is 0.465 e. The van der Waals surface area contributed by atoms with Crippen LogP contribution in [0.4, 0.5) is 23.2 Å². The molecule has 2 heterocycles. The standard InChI is InChI=1S/C32H28F4N2O5S/c1-3-42-30(40)25-21(23-9-6-14-44-23)16-22-26(28(25)39)24(17-7-5-8-19(33)15-17)27(31(41)43-4-2)29(37)38(22)20-12-10-18(11-13-20)32(34,35)36/h5-15,21,24-25H,3-4,16,37H2,1-2H3/t21-,24+,25+/m1/s1. The Labute approximate surface area is 254 Å². The Morgan fingerprint density at radius 3 is 2.32 bits per heavy atom. The van der Waals surface area contributed by atoms with Gasteiger partial charge < -0.3 is 15.2 Å². The number of nitrogens with two attached hydrogens (primary N) is 1. The van der Waals surface area contributed by atoms with Gasteiger partial charge in [-0.2, -0.15) is 13.2 Å². The second-order valence-electron chi connectivity index (χ2n) is 10.2. The zero-order chi connectivity index (χ0) is 31.8. The van der Waals surface area contributed by atoms with Crippen LogP contribution in [0.1, 0.15) is 48.1 Å². The van der Waals surface area contributed by atoms with Crippen LogP contribution >= 0.6 is 11.3 Å². The number of rotatable bonds is 7. The highest BCUT2D eigenvalue weighted by Crippen LogP contribution is 2.52. The summed E-state index contributed by atoms with van der Waals surface area (Å²) in [7, 11) is 0. The van der Waals surface area contributed by atoms with E-state index in [1.165, 1.54) is 46.6 Å².